The molecule has 0 saturated carbocycles. The van der Waals surface area contributed by atoms with E-state index in [0.29, 0.717) is 36.0 Å². The van der Waals surface area contributed by atoms with Crippen LogP contribution in [-0.2, 0) is 16.0 Å². The fraction of sp³-hybridized carbons (Fsp3) is 0.387. The summed E-state index contributed by atoms with van der Waals surface area (Å²) < 4.78 is 10.8. The molecule has 4 rings (SSSR count). The van der Waals surface area contributed by atoms with Crippen molar-refractivity contribution >= 4 is 52.2 Å². The molecule has 0 radical (unpaired) electrons. The molecule has 3 aromatic rings. The number of benzene rings is 2. The van der Waals surface area contributed by atoms with Gasteiger partial charge >= 0.3 is 0 Å². The van der Waals surface area contributed by atoms with E-state index in [4.69, 9.17) is 20.8 Å². The third-order valence-corrected chi connectivity index (χ3v) is 7.45. The number of likely N-dealkylation sites (N-methyl/N-ethyl adjacent to an activating group) is 1. The predicted molar refractivity (Wildman–Crippen MR) is 163 cm³/mol. The van der Waals surface area contributed by atoms with Gasteiger partial charge in [0.15, 0.2) is 6.19 Å². The van der Waals surface area contributed by atoms with Crippen LogP contribution in [0.3, 0.4) is 0 Å². The predicted octanol–water partition coefficient (Wildman–Crippen LogP) is 5.25. The topological polar surface area (TPSA) is 124 Å². The number of aryl methyl sites for hydroxylation is 2. The van der Waals surface area contributed by atoms with E-state index in [1.54, 1.807) is 30.0 Å². The quantitative estimate of drug-likeness (QED) is 0.157. The Hall–Kier alpha value is -4.36. The molecule has 1 unspecified atom stereocenters. The van der Waals surface area contributed by atoms with Crippen LogP contribution in [0.5, 0.6) is 5.75 Å². The van der Waals surface area contributed by atoms with Gasteiger partial charge in [-0.15, -0.1) is 0 Å². The second-order valence-corrected chi connectivity index (χ2v) is 10.7. The summed E-state index contributed by atoms with van der Waals surface area (Å²) in [5, 5.41) is 13.2. The van der Waals surface area contributed by atoms with Crippen LogP contribution in [0.25, 0.3) is 11.0 Å². The number of nitrogens with one attached hydrogen (secondary N) is 1. The SMILES string of the molecule is COc1ccc(CCCN(C)C(=O)CN2CCCCC(/C=N\C(=Nc3ccc4oc(C)cc4c3)NC#N)C2=O)cc1Cl. The van der Waals surface area contributed by atoms with Crippen LogP contribution >= 0.6 is 11.6 Å². The molecule has 42 heavy (non-hydrogen) atoms. The molecular formula is C31H35ClN6O4. The number of methoxy groups -OCH3 is 1. The number of furan rings is 1. The van der Waals surface area contributed by atoms with Crippen molar-refractivity contribution < 1.29 is 18.7 Å². The van der Waals surface area contributed by atoms with Crippen molar-refractivity contribution in [1.82, 2.24) is 15.1 Å². The minimum Gasteiger partial charge on any atom is -0.495 e. The summed E-state index contributed by atoms with van der Waals surface area (Å²) >= 11 is 6.22. The lowest BCUT2D eigenvalue weighted by atomic mass is 10.0. The van der Waals surface area contributed by atoms with E-state index in [9.17, 15) is 14.9 Å². The second-order valence-electron chi connectivity index (χ2n) is 10.3. The van der Waals surface area contributed by atoms with E-state index in [0.717, 1.165) is 48.0 Å². The third-order valence-electron chi connectivity index (χ3n) is 7.15. The lowest BCUT2D eigenvalue weighted by Crippen LogP contribution is -2.44. The van der Waals surface area contributed by atoms with Crippen LogP contribution in [0.4, 0.5) is 5.69 Å². The van der Waals surface area contributed by atoms with Gasteiger partial charge in [-0.3, -0.25) is 14.9 Å². The molecule has 0 spiro atoms. The molecule has 1 atom stereocenters. The van der Waals surface area contributed by atoms with Gasteiger partial charge in [-0.25, -0.2) is 9.98 Å². The van der Waals surface area contributed by atoms with Gasteiger partial charge < -0.3 is 19.0 Å². The van der Waals surface area contributed by atoms with Crippen LogP contribution in [0.2, 0.25) is 5.02 Å². The minimum absolute atomic E-state index is 0.00948. The van der Waals surface area contributed by atoms with Crippen molar-refractivity contribution in [2.24, 2.45) is 15.9 Å². The normalized spacial score (nSPS) is 16.0. The van der Waals surface area contributed by atoms with Gasteiger partial charge in [0, 0.05) is 31.7 Å². The summed E-state index contributed by atoms with van der Waals surface area (Å²) in [5.41, 5.74) is 2.41. The maximum atomic E-state index is 13.4. The Kier molecular flexibility index (Phi) is 10.6. The van der Waals surface area contributed by atoms with Crippen LogP contribution < -0.4 is 10.1 Å². The fourth-order valence-electron chi connectivity index (χ4n) is 4.88. The van der Waals surface area contributed by atoms with Crippen LogP contribution in [-0.4, -0.2) is 67.6 Å². The Balaban J connectivity index is 1.35. The summed E-state index contributed by atoms with van der Waals surface area (Å²) in [7, 11) is 3.33. The molecule has 220 valence electrons. The monoisotopic (exact) mass is 590 g/mol. The molecule has 11 heteroatoms. The number of guanidine groups is 1. The van der Waals surface area contributed by atoms with E-state index < -0.39 is 5.92 Å². The highest BCUT2D eigenvalue weighted by atomic mass is 35.5. The van der Waals surface area contributed by atoms with Crippen molar-refractivity contribution in [2.75, 3.05) is 33.8 Å². The molecule has 2 amide bonds. The molecule has 0 bridgehead atoms. The van der Waals surface area contributed by atoms with Gasteiger partial charge in [-0.05, 0) is 74.6 Å². The van der Waals surface area contributed by atoms with Crippen molar-refractivity contribution in [3.63, 3.8) is 0 Å². The summed E-state index contributed by atoms with van der Waals surface area (Å²) in [6, 6.07) is 13.0. The highest BCUT2D eigenvalue weighted by Crippen LogP contribution is 2.26. The molecule has 1 saturated heterocycles. The van der Waals surface area contributed by atoms with Gasteiger partial charge in [0.2, 0.25) is 17.8 Å². The molecule has 0 aliphatic carbocycles. The summed E-state index contributed by atoms with van der Waals surface area (Å²) in [5.74, 6) is 0.707. The largest absolute Gasteiger partial charge is 0.495 e. The first-order valence-corrected chi connectivity index (χ1v) is 14.3. The van der Waals surface area contributed by atoms with Crippen LogP contribution in [0, 0.1) is 24.3 Å². The Labute approximate surface area is 250 Å². The first-order valence-electron chi connectivity index (χ1n) is 13.9. The van der Waals surface area contributed by atoms with E-state index >= 15 is 0 Å². The number of halogens is 1. The second kappa shape index (κ2) is 14.5. The number of ether oxygens (including phenoxy) is 1. The molecular weight excluding hydrogens is 556 g/mol. The van der Waals surface area contributed by atoms with Gasteiger partial charge in [0.1, 0.15) is 17.1 Å². The zero-order chi connectivity index (χ0) is 30.1. The lowest BCUT2D eigenvalue weighted by molar-refractivity contribution is -0.140. The Morgan fingerprint density at radius 2 is 2.12 bits per heavy atom. The van der Waals surface area contributed by atoms with Crippen LogP contribution in [0.15, 0.2) is 56.9 Å². The number of aliphatic imine (C=N–C) groups is 2. The molecule has 1 N–H and O–H groups in total. The lowest BCUT2D eigenvalue weighted by Gasteiger charge is -2.25. The number of hydrogen-bond donors (Lipinski definition) is 1. The maximum Gasteiger partial charge on any atom is 0.241 e. The van der Waals surface area contributed by atoms with E-state index in [2.05, 4.69) is 15.3 Å². The van der Waals surface area contributed by atoms with Gasteiger partial charge in [0.25, 0.3) is 0 Å². The molecule has 10 nitrogen and oxygen atoms in total. The zero-order valence-corrected chi connectivity index (χ0v) is 24.9. The molecule has 2 heterocycles. The number of likely N-dealkylation sites (tertiary alicyclic amines) is 1. The van der Waals surface area contributed by atoms with Gasteiger partial charge in [-0.1, -0.05) is 24.1 Å². The molecule has 1 fully saturated rings. The number of fused-ring (bicyclic) bond motifs is 1. The molecule has 1 aliphatic rings. The molecule has 1 aliphatic heterocycles. The van der Waals surface area contributed by atoms with Crippen molar-refractivity contribution in [3.05, 3.63) is 58.8 Å². The number of hydrogen-bond acceptors (Lipinski definition) is 6. The van der Waals surface area contributed by atoms with E-state index in [1.807, 2.05) is 49.5 Å². The minimum atomic E-state index is -0.518. The Morgan fingerprint density at radius 1 is 1.29 bits per heavy atom. The third kappa shape index (κ3) is 8.10. The first kappa shape index (κ1) is 30.6. The van der Waals surface area contributed by atoms with E-state index in [-0.39, 0.29) is 24.3 Å². The van der Waals surface area contributed by atoms with Crippen molar-refractivity contribution in [3.8, 4) is 11.9 Å². The average Bonchev–Trinajstić information content (AvgIpc) is 3.25. The van der Waals surface area contributed by atoms with Gasteiger partial charge in [-0.2, -0.15) is 5.26 Å². The standard InChI is InChI=1S/C31H35ClN6O4/c1-21-15-24-17-25(10-12-27(24)42-21)36-31(35-20-33)34-18-23-8-4-5-14-38(30(23)40)19-29(39)37(2)13-6-7-22-9-11-28(41-3)26(32)16-22/h9-12,15-18,23H,4-8,13-14,19H2,1-3H3,(H,35,36)/b34-18-. The average molecular weight is 591 g/mol. The molecule has 1 aromatic heterocycles. The summed E-state index contributed by atoms with van der Waals surface area (Å²) in [6.45, 7) is 2.94. The van der Waals surface area contributed by atoms with Gasteiger partial charge in [0.05, 0.1) is 30.3 Å². The number of rotatable bonds is 9. The molecule has 2 aromatic carbocycles. The highest BCUT2D eigenvalue weighted by Gasteiger charge is 2.28. The fourth-order valence-corrected chi connectivity index (χ4v) is 5.16. The summed E-state index contributed by atoms with van der Waals surface area (Å²) in [4.78, 5) is 38.4. The maximum absolute atomic E-state index is 13.4. The first-order chi connectivity index (χ1) is 20.3. The van der Waals surface area contributed by atoms with Crippen molar-refractivity contribution in [2.45, 2.75) is 39.0 Å². The number of carbonyl (C=O) groups excluding carboxylic acids is 2. The smallest absolute Gasteiger partial charge is 0.241 e. The summed E-state index contributed by atoms with van der Waals surface area (Å²) in [6.07, 6.45) is 7.12. The highest BCUT2D eigenvalue weighted by molar-refractivity contribution is 6.32. The number of amides is 2. The zero-order valence-electron chi connectivity index (χ0n) is 24.1. The number of nitrogens with zero attached hydrogens (tertiary/aromatic N) is 5. The number of nitriles is 1. The van der Waals surface area contributed by atoms with E-state index in [1.165, 1.54) is 6.21 Å². The Bertz CT molecular complexity index is 1530. The number of carbonyl (C=O) groups is 2. The van der Waals surface area contributed by atoms with Crippen LogP contribution in [0.1, 0.15) is 37.0 Å². The Morgan fingerprint density at radius 3 is 2.88 bits per heavy atom. The van der Waals surface area contributed by atoms with Crippen molar-refractivity contribution in [1.29, 1.82) is 5.26 Å².